The average Bonchev–Trinajstić information content (AvgIpc) is 2.93. The van der Waals surface area contributed by atoms with Gasteiger partial charge in [0.05, 0.1) is 6.10 Å². The molecule has 21 heavy (non-hydrogen) atoms. The Bertz CT molecular complexity index is 532. The van der Waals surface area contributed by atoms with Crippen molar-refractivity contribution < 1.29 is 9.84 Å². The van der Waals surface area contributed by atoms with Crippen LogP contribution in [0.3, 0.4) is 0 Å². The van der Waals surface area contributed by atoms with Crippen LogP contribution in [-0.4, -0.2) is 10.7 Å². The Morgan fingerprint density at radius 1 is 1.05 bits per heavy atom. The van der Waals surface area contributed by atoms with E-state index in [0.717, 1.165) is 30.6 Å². The van der Waals surface area contributed by atoms with E-state index in [1.807, 2.05) is 0 Å². The van der Waals surface area contributed by atoms with Gasteiger partial charge in [0.15, 0.2) is 0 Å². The number of aryl methyl sites for hydroxylation is 1. The second-order valence-electron chi connectivity index (χ2n) is 7.75. The molecule has 1 N–H and O–H groups in total. The van der Waals surface area contributed by atoms with Crippen LogP contribution in [0.15, 0.2) is 18.2 Å². The van der Waals surface area contributed by atoms with Crippen LogP contribution in [0.5, 0.6) is 5.75 Å². The fourth-order valence-electron chi connectivity index (χ4n) is 4.93. The van der Waals surface area contributed by atoms with Crippen molar-refractivity contribution in [2.75, 3.05) is 0 Å². The molecule has 0 amide bonds. The second-order valence-corrected chi connectivity index (χ2v) is 7.75. The molecular formula is C19H26O2. The molecule has 4 rings (SSSR count). The van der Waals surface area contributed by atoms with Crippen molar-refractivity contribution in [3.63, 3.8) is 0 Å². The number of benzene rings is 1. The maximum atomic E-state index is 10.6. The lowest BCUT2D eigenvalue weighted by Gasteiger charge is -2.48. The SMILES string of the molecule is Cc1ccc2c(c1)[C@@H](O)CC1(CCC3(CCCC3)CC1)O2. The number of hydrogen-bond donors (Lipinski definition) is 1. The Labute approximate surface area is 127 Å². The van der Waals surface area contributed by atoms with Crippen LogP contribution in [-0.2, 0) is 0 Å². The molecule has 1 heterocycles. The van der Waals surface area contributed by atoms with Crippen LogP contribution in [0.4, 0.5) is 0 Å². The van der Waals surface area contributed by atoms with Gasteiger partial charge in [0, 0.05) is 12.0 Å². The van der Waals surface area contributed by atoms with Crippen LogP contribution >= 0.6 is 0 Å². The number of ether oxygens (including phenoxy) is 1. The van der Waals surface area contributed by atoms with E-state index in [1.54, 1.807) is 0 Å². The number of rotatable bonds is 0. The number of aliphatic hydroxyl groups is 1. The van der Waals surface area contributed by atoms with Crippen molar-refractivity contribution in [2.24, 2.45) is 5.41 Å². The van der Waals surface area contributed by atoms with Gasteiger partial charge in [0.25, 0.3) is 0 Å². The van der Waals surface area contributed by atoms with E-state index in [1.165, 1.54) is 44.1 Å². The molecule has 2 aliphatic carbocycles. The van der Waals surface area contributed by atoms with Crippen molar-refractivity contribution in [1.29, 1.82) is 0 Å². The first-order valence-corrected chi connectivity index (χ1v) is 8.58. The molecule has 0 aromatic heterocycles. The van der Waals surface area contributed by atoms with E-state index in [2.05, 4.69) is 25.1 Å². The van der Waals surface area contributed by atoms with Crippen LogP contribution in [0.2, 0.25) is 0 Å². The Morgan fingerprint density at radius 2 is 1.76 bits per heavy atom. The van der Waals surface area contributed by atoms with E-state index in [-0.39, 0.29) is 11.7 Å². The Hall–Kier alpha value is -1.02. The summed E-state index contributed by atoms with van der Waals surface area (Å²) in [5.41, 5.74) is 2.70. The van der Waals surface area contributed by atoms with Crippen molar-refractivity contribution >= 4 is 0 Å². The summed E-state index contributed by atoms with van der Waals surface area (Å²) in [6, 6.07) is 6.22. The van der Waals surface area contributed by atoms with Crippen molar-refractivity contribution in [3.05, 3.63) is 29.3 Å². The molecule has 2 nitrogen and oxygen atoms in total. The Morgan fingerprint density at radius 3 is 2.48 bits per heavy atom. The van der Waals surface area contributed by atoms with E-state index in [0.29, 0.717) is 5.41 Å². The molecule has 0 saturated heterocycles. The minimum atomic E-state index is -0.355. The van der Waals surface area contributed by atoms with Crippen LogP contribution in [0.25, 0.3) is 0 Å². The van der Waals surface area contributed by atoms with Gasteiger partial charge in [-0.1, -0.05) is 24.5 Å². The molecule has 3 aliphatic rings. The summed E-state index contributed by atoms with van der Waals surface area (Å²) >= 11 is 0. The van der Waals surface area contributed by atoms with Gasteiger partial charge in [-0.25, -0.2) is 0 Å². The number of aliphatic hydroxyl groups excluding tert-OH is 1. The van der Waals surface area contributed by atoms with Gasteiger partial charge < -0.3 is 9.84 Å². The Kier molecular flexibility index (Phi) is 3.08. The highest BCUT2D eigenvalue weighted by Gasteiger charge is 2.48. The molecule has 1 aromatic carbocycles. The molecule has 0 radical (unpaired) electrons. The van der Waals surface area contributed by atoms with E-state index >= 15 is 0 Å². The Balaban J connectivity index is 1.56. The van der Waals surface area contributed by atoms with Gasteiger partial charge in [0.2, 0.25) is 0 Å². The average molecular weight is 286 g/mol. The summed E-state index contributed by atoms with van der Waals surface area (Å²) in [5, 5.41) is 10.6. The first-order chi connectivity index (χ1) is 10.1. The van der Waals surface area contributed by atoms with Crippen molar-refractivity contribution in [1.82, 2.24) is 0 Å². The first-order valence-electron chi connectivity index (χ1n) is 8.58. The predicted octanol–water partition coefficient (Wildman–Crippen LogP) is 4.68. The minimum Gasteiger partial charge on any atom is -0.487 e. The van der Waals surface area contributed by atoms with Gasteiger partial charge in [-0.2, -0.15) is 0 Å². The maximum absolute atomic E-state index is 10.6. The monoisotopic (exact) mass is 286 g/mol. The largest absolute Gasteiger partial charge is 0.487 e. The van der Waals surface area contributed by atoms with Crippen molar-refractivity contribution in [3.8, 4) is 5.75 Å². The van der Waals surface area contributed by atoms with E-state index in [9.17, 15) is 5.11 Å². The molecule has 1 atom stereocenters. The quantitative estimate of drug-likeness (QED) is 0.750. The molecule has 0 bridgehead atoms. The topological polar surface area (TPSA) is 29.5 Å². The zero-order valence-corrected chi connectivity index (χ0v) is 13.0. The molecule has 0 unspecified atom stereocenters. The molecule has 2 fully saturated rings. The van der Waals surface area contributed by atoms with Gasteiger partial charge in [0.1, 0.15) is 11.4 Å². The smallest absolute Gasteiger partial charge is 0.125 e. The number of fused-ring (bicyclic) bond motifs is 1. The lowest BCUT2D eigenvalue weighted by atomic mass is 9.65. The van der Waals surface area contributed by atoms with Crippen LogP contribution in [0, 0.1) is 12.3 Å². The third-order valence-corrected chi connectivity index (χ3v) is 6.30. The standard InChI is InChI=1S/C19H26O2/c1-14-4-5-17-15(12-14)16(20)13-19(21-17)10-8-18(9-11-19)6-2-3-7-18/h4-5,12,16,20H,2-3,6-11,13H2,1H3/t16-/m0/s1. The second kappa shape index (κ2) is 4.74. The lowest BCUT2D eigenvalue weighted by Crippen LogP contribution is -2.46. The molecule has 1 aliphatic heterocycles. The molecule has 2 spiro atoms. The zero-order valence-electron chi connectivity index (χ0n) is 13.0. The molecule has 2 saturated carbocycles. The summed E-state index contributed by atoms with van der Waals surface area (Å²) < 4.78 is 6.43. The lowest BCUT2D eigenvalue weighted by molar-refractivity contribution is -0.0622. The van der Waals surface area contributed by atoms with Crippen LogP contribution < -0.4 is 4.74 Å². The fraction of sp³-hybridized carbons (Fsp3) is 0.684. The summed E-state index contributed by atoms with van der Waals surface area (Å²) in [4.78, 5) is 0. The molecule has 1 aromatic rings. The summed E-state index contributed by atoms with van der Waals surface area (Å²) in [6.45, 7) is 2.07. The third-order valence-electron chi connectivity index (χ3n) is 6.30. The van der Waals surface area contributed by atoms with Crippen molar-refractivity contribution in [2.45, 2.75) is 76.4 Å². The highest BCUT2D eigenvalue weighted by Crippen LogP contribution is 2.55. The van der Waals surface area contributed by atoms with E-state index < -0.39 is 0 Å². The van der Waals surface area contributed by atoms with Gasteiger partial charge >= 0.3 is 0 Å². The van der Waals surface area contributed by atoms with Gasteiger partial charge in [-0.15, -0.1) is 0 Å². The zero-order chi connectivity index (χ0) is 14.5. The minimum absolute atomic E-state index is 0.102. The summed E-state index contributed by atoms with van der Waals surface area (Å²) in [5.74, 6) is 0.918. The normalized spacial score (nSPS) is 29.3. The maximum Gasteiger partial charge on any atom is 0.125 e. The van der Waals surface area contributed by atoms with Crippen LogP contribution in [0.1, 0.15) is 75.0 Å². The highest BCUT2D eigenvalue weighted by molar-refractivity contribution is 5.41. The van der Waals surface area contributed by atoms with E-state index in [4.69, 9.17) is 4.74 Å². The first kappa shape index (κ1) is 13.6. The molecule has 114 valence electrons. The highest BCUT2D eigenvalue weighted by atomic mass is 16.5. The van der Waals surface area contributed by atoms with Gasteiger partial charge in [-0.3, -0.25) is 0 Å². The van der Waals surface area contributed by atoms with Gasteiger partial charge in [-0.05, 0) is 63.0 Å². The fourth-order valence-corrected chi connectivity index (χ4v) is 4.93. The predicted molar refractivity (Wildman–Crippen MR) is 83.5 cm³/mol. The molecular weight excluding hydrogens is 260 g/mol. The third kappa shape index (κ3) is 2.28. The molecule has 2 heteroatoms. The summed E-state index contributed by atoms with van der Waals surface area (Å²) in [6.07, 6.45) is 10.9. The number of hydrogen-bond acceptors (Lipinski definition) is 2. The summed E-state index contributed by atoms with van der Waals surface area (Å²) in [7, 11) is 0.